The summed E-state index contributed by atoms with van der Waals surface area (Å²) in [5.74, 6) is -0.415. The van der Waals surface area contributed by atoms with Crippen LogP contribution < -0.4 is 10.9 Å². The van der Waals surface area contributed by atoms with E-state index in [1.54, 1.807) is 13.0 Å². The van der Waals surface area contributed by atoms with E-state index in [-0.39, 0.29) is 17.7 Å². The van der Waals surface area contributed by atoms with Gasteiger partial charge in [-0.05, 0) is 43.5 Å². The molecule has 144 valence electrons. The molecule has 0 saturated carbocycles. The topological polar surface area (TPSA) is 71.2 Å². The molecule has 1 aromatic heterocycles. The number of amides is 1. The average molecular weight is 380 g/mol. The molecule has 1 atom stereocenters. The molecule has 27 heavy (non-hydrogen) atoms. The molecule has 0 aliphatic carbocycles. The molecule has 1 fully saturated rings. The quantitative estimate of drug-likeness (QED) is 0.857. The molecule has 1 aliphatic rings. The minimum atomic E-state index is -4.39. The van der Waals surface area contributed by atoms with Gasteiger partial charge in [-0.1, -0.05) is 12.1 Å². The van der Waals surface area contributed by atoms with Crippen LogP contribution in [0.25, 0.3) is 0 Å². The number of hydrogen-bond donors (Lipinski definition) is 2. The van der Waals surface area contributed by atoms with E-state index in [2.05, 4.69) is 10.3 Å². The highest BCUT2D eigenvalue weighted by Gasteiger charge is 2.37. The highest BCUT2D eigenvalue weighted by molar-refractivity contribution is 5.94. The van der Waals surface area contributed by atoms with E-state index in [0.29, 0.717) is 30.7 Å². The maximum Gasteiger partial charge on any atom is 0.416 e. The summed E-state index contributed by atoms with van der Waals surface area (Å²) in [6.07, 6.45) is -3.53. The summed E-state index contributed by atoms with van der Waals surface area (Å²) >= 11 is 0. The third kappa shape index (κ3) is 4.57. The van der Waals surface area contributed by atoms with Gasteiger partial charge in [-0.25, -0.2) is 0 Å². The molecule has 0 bridgehead atoms. The number of rotatable bonds is 4. The first-order valence-electron chi connectivity index (χ1n) is 8.44. The molecular weight excluding hydrogens is 361 g/mol. The molecule has 5 nitrogen and oxygen atoms in total. The summed E-state index contributed by atoms with van der Waals surface area (Å²) in [5, 5.41) is 2.92. The molecule has 3 rings (SSSR count). The summed E-state index contributed by atoms with van der Waals surface area (Å²) in [4.78, 5) is 26.8. The van der Waals surface area contributed by atoms with Crippen LogP contribution >= 0.6 is 0 Å². The van der Waals surface area contributed by atoms with E-state index in [9.17, 15) is 22.8 Å². The Kier molecular flexibility index (Phi) is 5.10. The first-order chi connectivity index (χ1) is 12.7. The Balaban J connectivity index is 1.79. The van der Waals surface area contributed by atoms with Crippen molar-refractivity contribution in [1.29, 1.82) is 0 Å². The van der Waals surface area contributed by atoms with E-state index in [4.69, 9.17) is 4.74 Å². The minimum absolute atomic E-state index is 0.231. The smallest absolute Gasteiger partial charge is 0.379 e. The van der Waals surface area contributed by atoms with Crippen LogP contribution in [0.4, 0.5) is 13.2 Å². The number of carbonyl (C=O) groups excluding carboxylic acids is 1. The Hall–Kier alpha value is -2.61. The number of aromatic amines is 1. The second kappa shape index (κ2) is 7.19. The Morgan fingerprint density at radius 1 is 1.26 bits per heavy atom. The molecule has 2 N–H and O–H groups in total. The summed E-state index contributed by atoms with van der Waals surface area (Å²) in [6, 6.07) is 7.66. The maximum absolute atomic E-state index is 12.7. The molecule has 2 aromatic rings. The van der Waals surface area contributed by atoms with Crippen molar-refractivity contribution in [1.82, 2.24) is 10.3 Å². The lowest BCUT2D eigenvalue weighted by molar-refractivity contribution is -0.137. The molecule has 1 unspecified atom stereocenters. The number of nitrogens with one attached hydrogen (secondary N) is 2. The lowest BCUT2D eigenvalue weighted by Gasteiger charge is -2.29. The third-order valence-corrected chi connectivity index (χ3v) is 4.55. The first kappa shape index (κ1) is 19.2. The highest BCUT2D eigenvalue weighted by Crippen LogP contribution is 2.30. The second-order valence-electron chi connectivity index (χ2n) is 6.82. The normalized spacial score (nSPS) is 19.9. The van der Waals surface area contributed by atoms with Gasteiger partial charge in [0.1, 0.15) is 0 Å². The Labute approximate surface area is 153 Å². The van der Waals surface area contributed by atoms with Crippen LogP contribution in [0.1, 0.15) is 33.6 Å². The fourth-order valence-electron chi connectivity index (χ4n) is 3.22. The zero-order valence-corrected chi connectivity index (χ0v) is 14.7. The first-order valence-corrected chi connectivity index (χ1v) is 8.44. The lowest BCUT2D eigenvalue weighted by Crippen LogP contribution is -2.51. The second-order valence-corrected chi connectivity index (χ2v) is 6.82. The predicted octanol–water partition coefficient (Wildman–Crippen LogP) is 2.83. The molecular formula is C19H19F3N2O3. The van der Waals surface area contributed by atoms with Crippen LogP contribution in [0.2, 0.25) is 0 Å². The Morgan fingerprint density at radius 2 is 1.96 bits per heavy atom. The molecule has 1 aromatic carbocycles. The van der Waals surface area contributed by atoms with Gasteiger partial charge < -0.3 is 15.0 Å². The van der Waals surface area contributed by atoms with Crippen LogP contribution in [0.3, 0.4) is 0 Å². The maximum atomic E-state index is 12.7. The van der Waals surface area contributed by atoms with Crippen LogP contribution in [-0.4, -0.2) is 29.6 Å². The largest absolute Gasteiger partial charge is 0.416 e. The fraction of sp³-hybridized carbons (Fsp3) is 0.368. The number of aromatic nitrogens is 1. The summed E-state index contributed by atoms with van der Waals surface area (Å²) in [5.41, 5.74) is -0.364. The minimum Gasteiger partial charge on any atom is -0.379 e. The molecule has 1 amide bonds. The number of pyridine rings is 1. The number of H-pyrrole nitrogens is 1. The molecule has 1 saturated heterocycles. The number of carbonyl (C=O) groups is 1. The Morgan fingerprint density at radius 3 is 2.52 bits per heavy atom. The highest BCUT2D eigenvalue weighted by atomic mass is 19.4. The predicted molar refractivity (Wildman–Crippen MR) is 92.6 cm³/mol. The number of alkyl halides is 3. The van der Waals surface area contributed by atoms with E-state index in [1.807, 2.05) is 0 Å². The van der Waals surface area contributed by atoms with E-state index < -0.39 is 23.2 Å². The van der Waals surface area contributed by atoms with Gasteiger partial charge >= 0.3 is 6.18 Å². The van der Waals surface area contributed by atoms with Gasteiger partial charge in [0.05, 0.1) is 17.7 Å². The van der Waals surface area contributed by atoms with Gasteiger partial charge in [0, 0.05) is 23.9 Å². The van der Waals surface area contributed by atoms with Gasteiger partial charge in [-0.3, -0.25) is 9.59 Å². The molecule has 0 radical (unpaired) electrons. The van der Waals surface area contributed by atoms with E-state index in [1.165, 1.54) is 18.2 Å². The van der Waals surface area contributed by atoms with Gasteiger partial charge in [-0.2, -0.15) is 13.2 Å². The van der Waals surface area contributed by atoms with Crippen molar-refractivity contribution in [2.75, 3.05) is 13.2 Å². The zero-order valence-electron chi connectivity index (χ0n) is 14.7. The third-order valence-electron chi connectivity index (χ3n) is 4.55. The van der Waals surface area contributed by atoms with Crippen molar-refractivity contribution in [3.8, 4) is 0 Å². The monoisotopic (exact) mass is 380 g/mol. The standard InChI is InChI=1S/C19H19F3N2O3/c1-12-8-14(9-16(25)23-12)17(26)24-18(6-7-27-11-18)10-13-2-4-15(5-3-13)19(20,21)22/h2-5,8-9H,6-7,10-11H2,1H3,(H,23,25)(H,24,26). The van der Waals surface area contributed by atoms with E-state index >= 15 is 0 Å². The summed E-state index contributed by atoms with van der Waals surface area (Å²) in [7, 11) is 0. The van der Waals surface area contributed by atoms with Gasteiger partial charge in [0.15, 0.2) is 0 Å². The molecule has 2 heterocycles. The number of ether oxygens (including phenoxy) is 1. The fourth-order valence-corrected chi connectivity index (χ4v) is 3.22. The van der Waals surface area contributed by atoms with Crippen LogP contribution in [-0.2, 0) is 17.3 Å². The van der Waals surface area contributed by atoms with Gasteiger partial charge in [-0.15, -0.1) is 0 Å². The van der Waals surface area contributed by atoms with Crippen molar-refractivity contribution in [3.05, 3.63) is 69.1 Å². The van der Waals surface area contributed by atoms with Crippen molar-refractivity contribution < 1.29 is 22.7 Å². The van der Waals surface area contributed by atoms with Crippen LogP contribution in [0, 0.1) is 6.92 Å². The summed E-state index contributed by atoms with van der Waals surface area (Å²) in [6.45, 7) is 2.37. The molecule has 1 aliphatic heterocycles. The van der Waals surface area contributed by atoms with Crippen molar-refractivity contribution in [3.63, 3.8) is 0 Å². The van der Waals surface area contributed by atoms with Crippen molar-refractivity contribution in [2.45, 2.75) is 31.5 Å². The number of benzene rings is 1. The number of aryl methyl sites for hydroxylation is 1. The van der Waals surface area contributed by atoms with Crippen LogP contribution in [0.5, 0.6) is 0 Å². The van der Waals surface area contributed by atoms with Crippen molar-refractivity contribution in [2.24, 2.45) is 0 Å². The van der Waals surface area contributed by atoms with Gasteiger partial charge in [0.25, 0.3) is 5.91 Å². The van der Waals surface area contributed by atoms with Crippen LogP contribution in [0.15, 0.2) is 41.2 Å². The Bertz CT molecular complexity index is 882. The SMILES string of the molecule is Cc1cc(C(=O)NC2(Cc3ccc(C(F)(F)F)cc3)CCOC2)cc(=O)[nH]1. The molecule has 8 heteroatoms. The average Bonchev–Trinajstić information content (AvgIpc) is 3.01. The van der Waals surface area contributed by atoms with E-state index in [0.717, 1.165) is 12.1 Å². The van der Waals surface area contributed by atoms with Gasteiger partial charge in [0.2, 0.25) is 5.56 Å². The van der Waals surface area contributed by atoms with Crippen molar-refractivity contribution >= 4 is 5.91 Å². The number of halogens is 3. The molecule has 0 spiro atoms. The summed E-state index contributed by atoms with van der Waals surface area (Å²) < 4.78 is 43.6. The lowest BCUT2D eigenvalue weighted by atomic mass is 9.89. The zero-order chi connectivity index (χ0) is 19.7. The number of hydrogen-bond acceptors (Lipinski definition) is 3.